The van der Waals surface area contributed by atoms with Crippen LogP contribution in [0.2, 0.25) is 0 Å². The van der Waals surface area contributed by atoms with Crippen molar-refractivity contribution < 1.29 is 105 Å². The Morgan fingerprint density at radius 1 is 0.635 bits per heavy atom. The number of ketones is 2. The maximum absolute atomic E-state index is 14.3. The minimum atomic E-state index is -1.50. The molecule has 0 saturated carbocycles. The van der Waals surface area contributed by atoms with E-state index in [1.807, 2.05) is 13.8 Å². The predicted octanol–water partition coefficient (Wildman–Crippen LogP) is 5.39. The lowest BCUT2D eigenvalue weighted by Gasteiger charge is -2.31. The molecule has 0 spiro atoms. The average Bonchev–Trinajstić information content (AvgIpc) is 1.59. The highest BCUT2D eigenvalue weighted by atomic mass is 16.6. The van der Waals surface area contributed by atoms with E-state index in [0.29, 0.717) is 164 Å². The van der Waals surface area contributed by atoms with Gasteiger partial charge in [-0.2, -0.15) is 0 Å². The molecule has 3 N–H and O–H groups in total. The summed E-state index contributed by atoms with van der Waals surface area (Å²) in [4.78, 5) is 127. The molecule has 29 nitrogen and oxygen atoms in total. The molecule has 3 aromatic carbocycles. The van der Waals surface area contributed by atoms with Gasteiger partial charge in [-0.3, -0.25) is 48.2 Å². The SMILES string of the molecule is C=C1C[C@H]2C=Nc3cc(OCCCOc4cc5c(cc4C)C(=O)N4CC(=C)C[C@H]4[C@H](O)N5C(=O)OCc4ccc(CC(=O)[C@H](C)NC(=O)[C@@H](CC(=O)CCOCCOCCOCCOCCOCCOCCOCCOCCNC(=O)CCN5C(=O)C=CC5=O)C(C)C)cc4)c(OC)cc3C(=O)N2C1. The van der Waals surface area contributed by atoms with Gasteiger partial charge in [-0.05, 0) is 61.4 Å². The first-order valence-electron chi connectivity index (χ1n) is 35.3. The number of anilines is 1. The minimum absolute atomic E-state index is 0.0102. The van der Waals surface area contributed by atoms with Gasteiger partial charge in [0.1, 0.15) is 18.1 Å². The normalized spacial score (nSPS) is 17.4. The summed E-state index contributed by atoms with van der Waals surface area (Å²) in [7, 11) is 1.50. The zero-order chi connectivity index (χ0) is 74.5. The Balaban J connectivity index is 0.647. The van der Waals surface area contributed by atoms with Crippen molar-refractivity contribution in [3.8, 4) is 17.2 Å². The number of carbonyl (C=O) groups is 9. The first-order valence-corrected chi connectivity index (χ1v) is 35.3. The lowest BCUT2D eigenvalue weighted by Crippen LogP contribution is -2.50. The number of carbonyl (C=O) groups excluding carboxylic acids is 9. The van der Waals surface area contributed by atoms with Gasteiger partial charge in [0.25, 0.3) is 23.6 Å². The summed E-state index contributed by atoms with van der Waals surface area (Å²) in [5.74, 6) is -2.14. The average molecular weight is 1450 g/mol. The Morgan fingerprint density at radius 3 is 1.78 bits per heavy atom. The van der Waals surface area contributed by atoms with Gasteiger partial charge in [-0.25, -0.2) is 9.69 Å². The van der Waals surface area contributed by atoms with Gasteiger partial charge >= 0.3 is 6.09 Å². The number of nitrogens with one attached hydrogen (secondary N) is 2. The number of fused-ring (bicyclic) bond motifs is 4. The first kappa shape index (κ1) is 80.9. The van der Waals surface area contributed by atoms with Crippen LogP contribution in [-0.2, 0) is 84.4 Å². The Morgan fingerprint density at radius 2 is 1.18 bits per heavy atom. The molecular weight excluding hydrogens is 1350 g/mol. The molecule has 0 aromatic heterocycles. The summed E-state index contributed by atoms with van der Waals surface area (Å²) < 4.78 is 68.0. The van der Waals surface area contributed by atoms with E-state index >= 15 is 0 Å². The zero-order valence-corrected chi connectivity index (χ0v) is 60.2. The number of ether oxygens (including phenoxy) is 12. The summed E-state index contributed by atoms with van der Waals surface area (Å²) in [6.45, 7) is 22.0. The smallest absolute Gasteiger partial charge is 0.416 e. The highest BCUT2D eigenvalue weighted by Gasteiger charge is 2.46. The van der Waals surface area contributed by atoms with E-state index in [4.69, 9.17) is 56.8 Å². The van der Waals surface area contributed by atoms with Crippen molar-refractivity contribution in [3.63, 3.8) is 0 Å². The largest absolute Gasteiger partial charge is 0.493 e. The zero-order valence-electron chi connectivity index (χ0n) is 60.2. The fourth-order valence-corrected chi connectivity index (χ4v) is 12.0. The van der Waals surface area contributed by atoms with Crippen LogP contribution in [0.1, 0.15) is 96.7 Å². The number of benzene rings is 3. The molecule has 8 rings (SSSR count). The number of aliphatic hydroxyl groups is 1. The van der Waals surface area contributed by atoms with Gasteiger partial charge in [-0.15, -0.1) is 0 Å². The Bertz CT molecular complexity index is 3530. The minimum Gasteiger partial charge on any atom is -0.493 e. The molecule has 566 valence electrons. The van der Waals surface area contributed by atoms with Crippen LogP contribution >= 0.6 is 0 Å². The van der Waals surface area contributed by atoms with E-state index in [1.54, 1.807) is 73.5 Å². The summed E-state index contributed by atoms with van der Waals surface area (Å²) in [5, 5.41) is 17.4. The number of aliphatic hydroxyl groups excluding tert-OH is 1. The molecule has 0 aliphatic carbocycles. The van der Waals surface area contributed by atoms with Gasteiger partial charge in [0.2, 0.25) is 11.8 Å². The van der Waals surface area contributed by atoms with Crippen LogP contribution in [0.15, 0.2) is 90.0 Å². The van der Waals surface area contributed by atoms with Crippen LogP contribution < -0.4 is 29.7 Å². The Hall–Kier alpha value is -8.78. The number of hydrogen-bond donors (Lipinski definition) is 3. The monoisotopic (exact) mass is 1450 g/mol. The second-order valence-corrected chi connectivity index (χ2v) is 25.9. The standard InChI is InChI=1S/C75H99N7O22/c1-49(2)58(41-57(83)16-21-94-23-25-96-27-29-98-31-33-100-35-36-101-34-32-99-30-28-97-26-24-95-22-17-76-68(85)15-18-79-69(86)13-14-70(79)87)71(88)78-53(6)64(84)40-54-9-11-55(12-10-54)48-104-75(92)82-62-44-65(52(5)39-60(62)73(90)81-47-51(4)38-63(81)74(82)91)102-19-8-20-103-67-43-61-59(42-66(67)93-7)72(89)80-46-50(3)37-56(80)45-77-61/h9-14,39,42-45,49,53,56,58,63,74,91H,3-4,8,15-38,40-41,46-48H2,1-2,5-7H3,(H,76,85)(H,78,88)/t53-,56-,58-,63-,74-/m0/s1. The number of methoxy groups -OCH3 is 1. The number of aryl methyl sites for hydroxylation is 1. The van der Waals surface area contributed by atoms with Crippen LogP contribution in [0.4, 0.5) is 16.2 Å². The summed E-state index contributed by atoms with van der Waals surface area (Å²) >= 11 is 0. The van der Waals surface area contributed by atoms with Gasteiger partial charge in [-0.1, -0.05) is 62.4 Å². The molecule has 2 fully saturated rings. The first-order chi connectivity index (χ1) is 50.2. The molecule has 3 aromatic rings. The molecule has 0 bridgehead atoms. The molecule has 29 heteroatoms. The van der Waals surface area contributed by atoms with Crippen molar-refractivity contribution in [3.05, 3.63) is 113 Å². The molecule has 2 saturated heterocycles. The third kappa shape index (κ3) is 24.1. The molecule has 7 amide bonds. The number of amides is 7. The van der Waals surface area contributed by atoms with Gasteiger partial charge < -0.3 is 82.4 Å². The van der Waals surface area contributed by atoms with Gasteiger partial charge in [0.15, 0.2) is 23.5 Å². The van der Waals surface area contributed by atoms with Crippen LogP contribution in [-0.4, -0.2) is 256 Å². The summed E-state index contributed by atoms with van der Waals surface area (Å²) in [6.07, 6.45) is 3.15. The lowest BCUT2D eigenvalue weighted by molar-refractivity contribution is -0.137. The van der Waals surface area contributed by atoms with Crippen molar-refractivity contribution >= 4 is 70.7 Å². The number of hydrogen-bond acceptors (Lipinski definition) is 23. The van der Waals surface area contributed by atoms with E-state index in [-0.39, 0.29) is 131 Å². The molecule has 0 radical (unpaired) electrons. The number of aliphatic imine (C=N–C) groups is 1. The summed E-state index contributed by atoms with van der Waals surface area (Å²) in [6, 6.07) is 11.6. The Labute approximate surface area is 606 Å². The van der Waals surface area contributed by atoms with Crippen molar-refractivity contribution in [2.75, 3.05) is 157 Å². The molecule has 5 aliphatic rings. The third-order valence-electron chi connectivity index (χ3n) is 17.8. The predicted molar refractivity (Wildman–Crippen MR) is 379 cm³/mol. The van der Waals surface area contributed by atoms with Gasteiger partial charge in [0, 0.05) is 94.7 Å². The number of imide groups is 1. The maximum atomic E-state index is 14.3. The van der Waals surface area contributed by atoms with Crippen molar-refractivity contribution in [1.29, 1.82) is 0 Å². The highest BCUT2D eigenvalue weighted by Crippen LogP contribution is 2.41. The molecule has 5 aliphatic heterocycles. The van der Waals surface area contributed by atoms with E-state index in [9.17, 15) is 48.3 Å². The number of Topliss-reactive ketones (excluding diaryl/α,β-unsaturated/α-hetero) is 2. The Kier molecular flexibility index (Phi) is 32.4. The van der Waals surface area contributed by atoms with Crippen LogP contribution in [0, 0.1) is 18.8 Å². The fraction of sp³-hybridized carbons (Fsp3) is 0.547. The topological polar surface area (TPSA) is 334 Å². The van der Waals surface area contributed by atoms with Crippen molar-refractivity contribution in [1.82, 2.24) is 25.3 Å². The second kappa shape index (κ2) is 41.6. The maximum Gasteiger partial charge on any atom is 0.416 e. The van der Waals surface area contributed by atoms with Crippen LogP contribution in [0.25, 0.3) is 0 Å². The van der Waals surface area contributed by atoms with Crippen molar-refractivity contribution in [2.24, 2.45) is 16.8 Å². The summed E-state index contributed by atoms with van der Waals surface area (Å²) in [5.41, 5.74) is 4.71. The van der Waals surface area contributed by atoms with E-state index < -0.39 is 48.0 Å². The van der Waals surface area contributed by atoms with Crippen LogP contribution in [0.5, 0.6) is 17.2 Å². The molecule has 5 atom stereocenters. The van der Waals surface area contributed by atoms with Crippen molar-refractivity contribution in [2.45, 2.75) is 104 Å². The van der Waals surface area contributed by atoms with E-state index in [2.05, 4.69) is 28.8 Å². The highest BCUT2D eigenvalue weighted by molar-refractivity contribution is 6.13. The quantitative estimate of drug-likeness (QED) is 0.0363. The van der Waals surface area contributed by atoms with Gasteiger partial charge in [0.05, 0.1) is 167 Å². The van der Waals surface area contributed by atoms with E-state index in [0.717, 1.165) is 20.9 Å². The molecule has 5 heterocycles. The third-order valence-corrected chi connectivity index (χ3v) is 17.8. The second-order valence-electron chi connectivity index (χ2n) is 25.9. The molecule has 104 heavy (non-hydrogen) atoms. The lowest BCUT2D eigenvalue weighted by atomic mass is 9.88. The fourth-order valence-electron chi connectivity index (χ4n) is 12.0. The van der Waals surface area contributed by atoms with E-state index in [1.165, 1.54) is 24.2 Å². The number of rotatable bonds is 47. The van der Waals surface area contributed by atoms with Crippen LogP contribution in [0.3, 0.4) is 0 Å². The number of nitrogens with zero attached hydrogens (tertiary/aromatic N) is 5. The molecule has 0 unspecified atom stereocenters. The molecular formula is C75H99N7O22.